The molecule has 4 aliphatic rings. The Morgan fingerprint density at radius 2 is 1.55 bits per heavy atom. The number of methoxy groups -OCH3 is 1. The molecule has 2 amide bonds. The molecule has 4 fully saturated rings. The summed E-state index contributed by atoms with van der Waals surface area (Å²) in [6, 6.07) is 18.7. The number of amides is 2. The SMILES string of the molecule is COc1ccc(CN2CCC3(CCN(C(=O)[C@@H]4CN(C(=O)OC5CCCCC5)C[C@@H]4c4ccccc4)CC3)C2)cc1.Cl. The van der Waals surface area contributed by atoms with E-state index in [2.05, 4.69) is 34.1 Å². The van der Waals surface area contributed by atoms with E-state index in [9.17, 15) is 9.59 Å². The number of hydrogen-bond acceptors (Lipinski definition) is 5. The van der Waals surface area contributed by atoms with E-state index in [1.807, 2.05) is 30.3 Å². The summed E-state index contributed by atoms with van der Waals surface area (Å²) in [4.78, 5) is 33.7. The first-order chi connectivity index (χ1) is 20.0. The van der Waals surface area contributed by atoms with E-state index < -0.39 is 0 Å². The van der Waals surface area contributed by atoms with Gasteiger partial charge in [0.15, 0.2) is 0 Å². The molecule has 1 aliphatic carbocycles. The van der Waals surface area contributed by atoms with Crippen LogP contribution in [0.1, 0.15) is 68.4 Å². The number of carbonyl (C=O) groups is 2. The molecule has 3 aliphatic heterocycles. The molecular weight excluding hydrogens is 550 g/mol. The quantitative estimate of drug-likeness (QED) is 0.403. The molecule has 8 heteroatoms. The Morgan fingerprint density at radius 1 is 0.857 bits per heavy atom. The summed E-state index contributed by atoms with van der Waals surface area (Å²) in [6.45, 7) is 5.77. The molecule has 7 nitrogen and oxygen atoms in total. The van der Waals surface area contributed by atoms with Crippen molar-refractivity contribution in [3.05, 3.63) is 65.7 Å². The van der Waals surface area contributed by atoms with Gasteiger partial charge in [0.1, 0.15) is 11.9 Å². The first-order valence-electron chi connectivity index (χ1n) is 15.7. The van der Waals surface area contributed by atoms with Crippen molar-refractivity contribution >= 4 is 24.4 Å². The van der Waals surface area contributed by atoms with Crippen molar-refractivity contribution in [2.45, 2.75) is 69.9 Å². The standard InChI is InChI=1S/C34H45N3O4.ClH/c1-40-28-14-12-26(13-15-28)22-35-19-16-34(25-35)17-20-36(21-18-34)32(38)31-24-37(23-30(31)27-8-4-2-5-9-27)33(39)41-29-10-6-3-7-11-29;/h2,4-5,8-9,12-15,29-31H,3,6-7,10-11,16-25H2,1H3;1H/t30-,31-;/m1./s1. The van der Waals surface area contributed by atoms with Crippen LogP contribution in [0.4, 0.5) is 4.79 Å². The van der Waals surface area contributed by atoms with E-state index in [0.717, 1.165) is 82.6 Å². The van der Waals surface area contributed by atoms with E-state index in [4.69, 9.17) is 9.47 Å². The third kappa shape index (κ3) is 6.89. The van der Waals surface area contributed by atoms with Crippen LogP contribution in [0.5, 0.6) is 5.75 Å². The van der Waals surface area contributed by atoms with Crippen LogP contribution < -0.4 is 4.74 Å². The van der Waals surface area contributed by atoms with Gasteiger partial charge in [-0.2, -0.15) is 0 Å². The lowest BCUT2D eigenvalue weighted by molar-refractivity contribution is -0.137. The van der Waals surface area contributed by atoms with Gasteiger partial charge in [0.25, 0.3) is 0 Å². The second-order valence-electron chi connectivity index (χ2n) is 12.8. The van der Waals surface area contributed by atoms with E-state index in [-0.39, 0.29) is 42.3 Å². The number of ether oxygens (including phenoxy) is 2. The van der Waals surface area contributed by atoms with Gasteiger partial charge in [-0.3, -0.25) is 9.69 Å². The van der Waals surface area contributed by atoms with Crippen molar-refractivity contribution in [2.75, 3.05) is 46.4 Å². The molecule has 0 radical (unpaired) electrons. The van der Waals surface area contributed by atoms with E-state index in [0.29, 0.717) is 18.5 Å². The summed E-state index contributed by atoms with van der Waals surface area (Å²) < 4.78 is 11.2. The van der Waals surface area contributed by atoms with Crippen LogP contribution in [0, 0.1) is 11.3 Å². The number of carbonyl (C=O) groups excluding carboxylic acids is 2. The van der Waals surface area contributed by atoms with Crippen molar-refractivity contribution in [3.63, 3.8) is 0 Å². The molecule has 0 N–H and O–H groups in total. The summed E-state index contributed by atoms with van der Waals surface area (Å²) in [7, 11) is 1.70. The third-order valence-electron chi connectivity index (χ3n) is 10.2. The summed E-state index contributed by atoms with van der Waals surface area (Å²) in [5.41, 5.74) is 2.75. The normalized spacial score (nSPS) is 24.4. The fourth-order valence-corrected chi connectivity index (χ4v) is 7.64. The fraction of sp³-hybridized carbons (Fsp3) is 0.588. The topological polar surface area (TPSA) is 62.3 Å². The molecule has 0 aromatic heterocycles. The molecule has 1 spiro atoms. The van der Waals surface area contributed by atoms with Crippen LogP contribution in [0.2, 0.25) is 0 Å². The largest absolute Gasteiger partial charge is 0.497 e. The van der Waals surface area contributed by atoms with Crippen molar-refractivity contribution in [2.24, 2.45) is 11.3 Å². The van der Waals surface area contributed by atoms with E-state index >= 15 is 0 Å². The number of nitrogens with zero attached hydrogens (tertiary/aromatic N) is 3. The Bertz CT molecular complexity index is 1180. The number of likely N-dealkylation sites (tertiary alicyclic amines) is 3. The lowest BCUT2D eigenvalue weighted by Crippen LogP contribution is -2.47. The Labute approximate surface area is 256 Å². The van der Waals surface area contributed by atoms with E-state index in [1.54, 1.807) is 12.0 Å². The highest BCUT2D eigenvalue weighted by atomic mass is 35.5. The van der Waals surface area contributed by atoms with Crippen molar-refractivity contribution in [3.8, 4) is 5.75 Å². The highest BCUT2D eigenvalue weighted by Gasteiger charge is 2.46. The average Bonchev–Trinajstić information content (AvgIpc) is 3.64. The molecule has 0 unspecified atom stereocenters. The molecular formula is C34H46ClN3O4. The predicted molar refractivity (Wildman–Crippen MR) is 166 cm³/mol. The second kappa shape index (κ2) is 13.7. The van der Waals surface area contributed by atoms with Crippen LogP contribution in [-0.2, 0) is 16.1 Å². The monoisotopic (exact) mass is 595 g/mol. The van der Waals surface area contributed by atoms with Crippen LogP contribution in [0.15, 0.2) is 54.6 Å². The van der Waals surface area contributed by atoms with Gasteiger partial charge in [-0.25, -0.2) is 4.79 Å². The summed E-state index contributed by atoms with van der Waals surface area (Å²) in [6.07, 6.45) is 8.47. The van der Waals surface area contributed by atoms with Gasteiger partial charge in [-0.15, -0.1) is 12.4 Å². The first-order valence-corrected chi connectivity index (χ1v) is 15.7. The first kappa shape index (κ1) is 30.7. The Morgan fingerprint density at radius 3 is 2.24 bits per heavy atom. The number of rotatable bonds is 6. The number of halogens is 1. The summed E-state index contributed by atoms with van der Waals surface area (Å²) >= 11 is 0. The molecule has 3 saturated heterocycles. The predicted octanol–water partition coefficient (Wildman–Crippen LogP) is 6.12. The molecule has 2 aromatic rings. The Hall–Kier alpha value is -2.77. The smallest absolute Gasteiger partial charge is 0.410 e. The molecule has 228 valence electrons. The maximum atomic E-state index is 14.0. The Kier molecular flexibility index (Phi) is 10.00. The van der Waals surface area contributed by atoms with Gasteiger partial charge < -0.3 is 19.3 Å². The average molecular weight is 596 g/mol. The minimum atomic E-state index is -0.242. The van der Waals surface area contributed by atoms with E-state index in [1.165, 1.54) is 18.4 Å². The van der Waals surface area contributed by atoms with Crippen molar-refractivity contribution < 1.29 is 19.1 Å². The van der Waals surface area contributed by atoms with Gasteiger partial charge in [-0.05, 0) is 80.2 Å². The molecule has 42 heavy (non-hydrogen) atoms. The zero-order valence-electron chi connectivity index (χ0n) is 24.9. The maximum Gasteiger partial charge on any atom is 0.410 e. The lowest BCUT2D eigenvalue weighted by Gasteiger charge is -2.40. The lowest BCUT2D eigenvalue weighted by atomic mass is 9.77. The molecule has 2 aromatic carbocycles. The van der Waals surface area contributed by atoms with Gasteiger partial charge in [0, 0.05) is 45.2 Å². The van der Waals surface area contributed by atoms with Gasteiger partial charge in [0.2, 0.25) is 5.91 Å². The maximum absolute atomic E-state index is 14.0. The minimum absolute atomic E-state index is 0. The third-order valence-corrected chi connectivity index (χ3v) is 10.2. The van der Waals surface area contributed by atoms with Crippen molar-refractivity contribution in [1.82, 2.24) is 14.7 Å². The summed E-state index contributed by atoms with van der Waals surface area (Å²) in [5, 5.41) is 0. The molecule has 3 heterocycles. The highest BCUT2D eigenvalue weighted by Crippen LogP contribution is 2.42. The van der Waals surface area contributed by atoms with Crippen molar-refractivity contribution in [1.29, 1.82) is 0 Å². The fourth-order valence-electron chi connectivity index (χ4n) is 7.64. The number of hydrogen-bond donors (Lipinski definition) is 0. The zero-order valence-corrected chi connectivity index (χ0v) is 25.7. The van der Waals surface area contributed by atoms with Crippen LogP contribution >= 0.6 is 12.4 Å². The second-order valence-corrected chi connectivity index (χ2v) is 12.8. The molecule has 0 bridgehead atoms. The van der Waals surface area contributed by atoms with Crippen LogP contribution in [0.25, 0.3) is 0 Å². The molecule has 2 atom stereocenters. The highest BCUT2D eigenvalue weighted by molar-refractivity contribution is 5.85. The van der Waals surface area contributed by atoms with Crippen LogP contribution in [-0.4, -0.2) is 79.2 Å². The van der Waals surface area contributed by atoms with Gasteiger partial charge in [-0.1, -0.05) is 48.9 Å². The minimum Gasteiger partial charge on any atom is -0.497 e. The van der Waals surface area contributed by atoms with Crippen LogP contribution in [0.3, 0.4) is 0 Å². The van der Waals surface area contributed by atoms with Gasteiger partial charge >= 0.3 is 6.09 Å². The number of piperidine rings is 1. The zero-order chi connectivity index (χ0) is 28.2. The molecule has 1 saturated carbocycles. The van der Waals surface area contributed by atoms with Gasteiger partial charge in [0.05, 0.1) is 13.0 Å². The molecule has 6 rings (SSSR count). The Balaban J connectivity index is 0.00000353. The summed E-state index contributed by atoms with van der Waals surface area (Å²) in [5.74, 6) is 0.880. The number of benzene rings is 2.